The monoisotopic (exact) mass is 272 g/mol. The summed E-state index contributed by atoms with van der Waals surface area (Å²) in [6, 6.07) is 11.5. The van der Waals surface area contributed by atoms with E-state index in [0.29, 0.717) is 17.5 Å². The first-order valence-electron chi connectivity index (χ1n) is 6.80. The molecule has 0 saturated heterocycles. The van der Waals surface area contributed by atoms with Crippen molar-refractivity contribution in [2.24, 2.45) is 5.84 Å². The Hall–Kier alpha value is -2.14. The fraction of sp³-hybridized carbons (Fsp3) is 0.333. The Labute approximate surface area is 119 Å². The molecule has 2 rings (SSSR count). The average Bonchev–Trinajstić information content (AvgIpc) is 2.48. The molecule has 5 nitrogen and oxygen atoms in total. The van der Waals surface area contributed by atoms with Crippen LogP contribution in [0.3, 0.4) is 0 Å². The van der Waals surface area contributed by atoms with Gasteiger partial charge >= 0.3 is 0 Å². The van der Waals surface area contributed by atoms with E-state index in [1.807, 2.05) is 37.3 Å². The molecule has 0 aliphatic rings. The first kappa shape index (κ1) is 14.3. The molecule has 5 heteroatoms. The molecule has 0 aliphatic heterocycles. The highest BCUT2D eigenvalue weighted by Crippen LogP contribution is 2.22. The lowest BCUT2D eigenvalue weighted by Crippen LogP contribution is -2.14. The highest BCUT2D eigenvalue weighted by molar-refractivity contribution is 5.57. The molecule has 1 unspecified atom stereocenters. The first-order chi connectivity index (χ1) is 9.72. The zero-order chi connectivity index (χ0) is 14.4. The van der Waals surface area contributed by atoms with Crippen LogP contribution >= 0.6 is 0 Å². The van der Waals surface area contributed by atoms with Crippen LogP contribution in [0, 0.1) is 0 Å². The second kappa shape index (κ2) is 6.86. The minimum absolute atomic E-state index is 0.115. The van der Waals surface area contributed by atoms with Crippen LogP contribution < -0.4 is 16.0 Å². The van der Waals surface area contributed by atoms with Crippen molar-refractivity contribution < 1.29 is 4.74 Å². The van der Waals surface area contributed by atoms with Crippen LogP contribution in [0.25, 0.3) is 11.4 Å². The van der Waals surface area contributed by atoms with Crippen molar-refractivity contribution in [3.05, 3.63) is 36.4 Å². The summed E-state index contributed by atoms with van der Waals surface area (Å²) >= 11 is 0. The third-order valence-electron chi connectivity index (χ3n) is 2.90. The molecule has 1 atom stereocenters. The molecular formula is C15H20N4O. The lowest BCUT2D eigenvalue weighted by molar-refractivity contribution is 0.201. The molecule has 1 heterocycles. The van der Waals surface area contributed by atoms with E-state index in [2.05, 4.69) is 22.3 Å². The van der Waals surface area contributed by atoms with E-state index < -0.39 is 0 Å². The summed E-state index contributed by atoms with van der Waals surface area (Å²) in [5.74, 6) is 7.13. The van der Waals surface area contributed by atoms with E-state index in [1.54, 1.807) is 6.07 Å². The summed E-state index contributed by atoms with van der Waals surface area (Å²) in [5.41, 5.74) is 3.48. The van der Waals surface area contributed by atoms with Crippen LogP contribution in [0.1, 0.15) is 26.7 Å². The van der Waals surface area contributed by atoms with Crippen molar-refractivity contribution in [1.82, 2.24) is 9.97 Å². The normalized spacial score (nSPS) is 11.9. The zero-order valence-electron chi connectivity index (χ0n) is 11.8. The Morgan fingerprint density at radius 3 is 2.65 bits per heavy atom. The molecule has 1 aromatic heterocycles. The molecule has 20 heavy (non-hydrogen) atoms. The maximum atomic E-state index is 5.81. The highest BCUT2D eigenvalue weighted by Gasteiger charge is 2.09. The van der Waals surface area contributed by atoms with Crippen molar-refractivity contribution in [3.8, 4) is 17.3 Å². The quantitative estimate of drug-likeness (QED) is 0.624. The lowest BCUT2D eigenvalue weighted by atomic mass is 10.2. The smallest absolute Gasteiger partial charge is 0.219 e. The molecule has 0 radical (unpaired) electrons. The lowest BCUT2D eigenvalue weighted by Gasteiger charge is -2.14. The molecule has 0 spiro atoms. The summed E-state index contributed by atoms with van der Waals surface area (Å²) < 4.78 is 5.81. The Morgan fingerprint density at radius 1 is 1.25 bits per heavy atom. The van der Waals surface area contributed by atoms with Gasteiger partial charge < -0.3 is 10.2 Å². The van der Waals surface area contributed by atoms with Gasteiger partial charge in [-0.1, -0.05) is 43.7 Å². The summed E-state index contributed by atoms with van der Waals surface area (Å²) in [7, 11) is 0. The van der Waals surface area contributed by atoms with E-state index in [1.165, 1.54) is 0 Å². The molecular weight excluding hydrogens is 252 g/mol. The molecule has 3 N–H and O–H groups in total. The van der Waals surface area contributed by atoms with Crippen LogP contribution in [-0.2, 0) is 0 Å². The number of rotatable bonds is 6. The number of ether oxygens (including phenoxy) is 1. The van der Waals surface area contributed by atoms with E-state index in [9.17, 15) is 0 Å². The third kappa shape index (κ3) is 3.68. The number of anilines is 1. The molecule has 0 fully saturated rings. The number of hydrogen-bond acceptors (Lipinski definition) is 5. The molecule has 1 aromatic carbocycles. The van der Waals surface area contributed by atoms with Gasteiger partial charge in [-0.25, -0.2) is 10.8 Å². The van der Waals surface area contributed by atoms with Gasteiger partial charge in [-0.3, -0.25) is 0 Å². The molecule has 2 aromatic rings. The fourth-order valence-corrected chi connectivity index (χ4v) is 1.95. The van der Waals surface area contributed by atoms with Crippen LogP contribution in [0.5, 0.6) is 5.88 Å². The SMILES string of the molecule is CCCC(C)Oc1cc(NN)nc(-c2ccccc2)n1. The maximum absolute atomic E-state index is 5.81. The summed E-state index contributed by atoms with van der Waals surface area (Å²) in [6.45, 7) is 4.16. The van der Waals surface area contributed by atoms with E-state index >= 15 is 0 Å². The largest absolute Gasteiger partial charge is 0.475 e. The van der Waals surface area contributed by atoms with Crippen molar-refractivity contribution in [2.45, 2.75) is 32.8 Å². The fourth-order valence-electron chi connectivity index (χ4n) is 1.95. The Morgan fingerprint density at radius 2 is 2.00 bits per heavy atom. The standard InChI is InChI=1S/C15H20N4O/c1-3-7-11(2)20-14-10-13(19-16)17-15(18-14)12-8-5-4-6-9-12/h4-6,8-11H,3,7,16H2,1-2H3,(H,17,18,19). The van der Waals surface area contributed by atoms with Gasteiger partial charge in [-0.2, -0.15) is 4.98 Å². The number of nitrogens with two attached hydrogens (primary N) is 1. The molecule has 0 bridgehead atoms. The van der Waals surface area contributed by atoms with Crippen LogP contribution in [0.15, 0.2) is 36.4 Å². The number of nitrogen functional groups attached to an aromatic ring is 1. The van der Waals surface area contributed by atoms with Gasteiger partial charge in [0.15, 0.2) is 5.82 Å². The van der Waals surface area contributed by atoms with Gasteiger partial charge in [-0.15, -0.1) is 0 Å². The Balaban J connectivity index is 2.29. The van der Waals surface area contributed by atoms with E-state index in [-0.39, 0.29) is 6.10 Å². The van der Waals surface area contributed by atoms with Gasteiger partial charge in [0.25, 0.3) is 0 Å². The zero-order valence-corrected chi connectivity index (χ0v) is 11.8. The number of hydrazine groups is 1. The summed E-state index contributed by atoms with van der Waals surface area (Å²) in [6.07, 6.45) is 2.17. The number of hydrogen-bond donors (Lipinski definition) is 2. The minimum Gasteiger partial charge on any atom is -0.475 e. The maximum Gasteiger partial charge on any atom is 0.219 e. The van der Waals surface area contributed by atoms with Gasteiger partial charge in [0, 0.05) is 11.6 Å². The second-order valence-electron chi connectivity index (χ2n) is 4.64. The van der Waals surface area contributed by atoms with Crippen LogP contribution in [0.2, 0.25) is 0 Å². The minimum atomic E-state index is 0.115. The van der Waals surface area contributed by atoms with Crippen molar-refractivity contribution in [3.63, 3.8) is 0 Å². The van der Waals surface area contributed by atoms with Gasteiger partial charge in [0.2, 0.25) is 5.88 Å². The highest BCUT2D eigenvalue weighted by atomic mass is 16.5. The van der Waals surface area contributed by atoms with Crippen LogP contribution in [-0.4, -0.2) is 16.1 Å². The second-order valence-corrected chi connectivity index (χ2v) is 4.64. The molecule has 0 amide bonds. The number of nitrogens with one attached hydrogen (secondary N) is 1. The van der Waals surface area contributed by atoms with Gasteiger partial charge in [-0.05, 0) is 13.3 Å². The number of benzene rings is 1. The summed E-state index contributed by atoms with van der Waals surface area (Å²) in [5, 5.41) is 0. The van der Waals surface area contributed by atoms with Gasteiger partial charge in [0.05, 0.1) is 6.10 Å². The topological polar surface area (TPSA) is 73.1 Å². The van der Waals surface area contributed by atoms with Crippen LogP contribution in [0.4, 0.5) is 5.82 Å². The Bertz CT molecular complexity index is 545. The van der Waals surface area contributed by atoms with Gasteiger partial charge in [0.1, 0.15) is 5.82 Å². The predicted octanol–water partition coefficient (Wildman–Crippen LogP) is 3.00. The van der Waals surface area contributed by atoms with E-state index in [4.69, 9.17) is 10.6 Å². The molecule has 106 valence electrons. The third-order valence-corrected chi connectivity index (χ3v) is 2.90. The molecule has 0 aliphatic carbocycles. The Kier molecular flexibility index (Phi) is 4.90. The van der Waals surface area contributed by atoms with Crippen molar-refractivity contribution in [2.75, 3.05) is 5.43 Å². The van der Waals surface area contributed by atoms with E-state index in [0.717, 1.165) is 18.4 Å². The predicted molar refractivity (Wildman–Crippen MR) is 80.3 cm³/mol. The number of nitrogens with zero attached hydrogens (tertiary/aromatic N) is 2. The average molecular weight is 272 g/mol. The summed E-state index contributed by atoms with van der Waals surface area (Å²) in [4.78, 5) is 8.79. The van der Waals surface area contributed by atoms with Crippen molar-refractivity contribution >= 4 is 5.82 Å². The van der Waals surface area contributed by atoms with Crippen molar-refractivity contribution in [1.29, 1.82) is 0 Å². The molecule has 0 saturated carbocycles. The first-order valence-corrected chi connectivity index (χ1v) is 6.80. The number of aromatic nitrogens is 2.